The van der Waals surface area contributed by atoms with E-state index < -0.39 is 0 Å². The van der Waals surface area contributed by atoms with Crippen molar-refractivity contribution in [1.29, 1.82) is 0 Å². The summed E-state index contributed by atoms with van der Waals surface area (Å²) in [7, 11) is 0. The van der Waals surface area contributed by atoms with Crippen LogP contribution in [0.25, 0.3) is 100 Å². The molecule has 0 fully saturated rings. The lowest BCUT2D eigenvalue weighted by atomic mass is 10.0. The third-order valence-corrected chi connectivity index (χ3v) is 10.8. The number of benzene rings is 8. The van der Waals surface area contributed by atoms with Crippen LogP contribution in [-0.2, 0) is 0 Å². The van der Waals surface area contributed by atoms with E-state index in [1.54, 1.807) is 0 Å². The Labute approximate surface area is 323 Å². The van der Waals surface area contributed by atoms with Gasteiger partial charge >= 0.3 is 0 Å². The largest absolute Gasteiger partial charge is 0.307 e. The zero-order chi connectivity index (χ0) is 37.0. The van der Waals surface area contributed by atoms with Gasteiger partial charge in [0.2, 0.25) is 0 Å². The minimum atomic E-state index is 0.631. The van der Waals surface area contributed by atoms with Gasteiger partial charge in [-0.2, -0.15) is 0 Å². The second-order valence-electron chi connectivity index (χ2n) is 14.0. The smallest absolute Gasteiger partial charge is 0.164 e. The summed E-state index contributed by atoms with van der Waals surface area (Å²) in [6, 6.07) is 70.4. The average Bonchev–Trinajstić information content (AvgIpc) is 3.80. The molecule has 0 unspecified atom stereocenters. The Morgan fingerprint density at radius 1 is 0.286 bits per heavy atom. The fourth-order valence-corrected chi connectivity index (χ4v) is 8.25. The minimum Gasteiger partial charge on any atom is -0.307 e. The van der Waals surface area contributed by atoms with Crippen molar-refractivity contribution in [2.45, 2.75) is 0 Å². The van der Waals surface area contributed by atoms with Crippen molar-refractivity contribution in [3.8, 4) is 56.7 Å². The standard InChI is InChI=1S/C51H33N5/c1-4-16-34(17-5-1)39-22-10-13-25-44(39)56-46-27-15-12-24-41(46)43-33-32-42-40-23-11-14-26-45(40)55(47(42)48(43)56)38-30-28-37(29-31-38)51-53-49(35-18-6-2-7-19-35)52-50(54-51)36-20-8-3-9-21-36/h1-33H. The quantitative estimate of drug-likeness (QED) is 0.172. The van der Waals surface area contributed by atoms with Gasteiger partial charge in [0, 0.05) is 49.5 Å². The van der Waals surface area contributed by atoms with Crippen molar-refractivity contribution in [1.82, 2.24) is 24.1 Å². The summed E-state index contributed by atoms with van der Waals surface area (Å²) in [5, 5.41) is 4.84. The molecule has 3 heterocycles. The van der Waals surface area contributed by atoms with Crippen LogP contribution in [0, 0.1) is 0 Å². The second-order valence-corrected chi connectivity index (χ2v) is 14.0. The van der Waals surface area contributed by atoms with Crippen LogP contribution < -0.4 is 0 Å². The number of nitrogens with zero attached hydrogens (tertiary/aromatic N) is 5. The Kier molecular flexibility index (Phi) is 7.42. The summed E-state index contributed by atoms with van der Waals surface area (Å²) in [5.41, 5.74) is 12.0. The van der Waals surface area contributed by atoms with Crippen molar-refractivity contribution in [2.75, 3.05) is 0 Å². The average molecular weight is 716 g/mol. The molecule has 0 atom stereocenters. The van der Waals surface area contributed by atoms with Crippen molar-refractivity contribution in [3.05, 3.63) is 200 Å². The van der Waals surface area contributed by atoms with E-state index in [1.807, 2.05) is 60.7 Å². The molecule has 0 saturated carbocycles. The summed E-state index contributed by atoms with van der Waals surface area (Å²) >= 11 is 0. The van der Waals surface area contributed by atoms with Gasteiger partial charge in [-0.05, 0) is 48.0 Å². The van der Waals surface area contributed by atoms with Crippen molar-refractivity contribution in [2.24, 2.45) is 0 Å². The fourth-order valence-electron chi connectivity index (χ4n) is 8.25. The number of fused-ring (bicyclic) bond motifs is 7. The van der Waals surface area contributed by atoms with Crippen LogP contribution in [0.4, 0.5) is 0 Å². The number of hydrogen-bond acceptors (Lipinski definition) is 3. The second kappa shape index (κ2) is 13.0. The van der Waals surface area contributed by atoms with Crippen molar-refractivity contribution >= 4 is 43.6 Å². The first-order valence-electron chi connectivity index (χ1n) is 18.9. The maximum absolute atomic E-state index is 5.00. The first kappa shape index (κ1) is 31.9. The molecule has 0 amide bonds. The molecule has 0 aliphatic carbocycles. The van der Waals surface area contributed by atoms with Crippen molar-refractivity contribution < 1.29 is 0 Å². The Hall–Kier alpha value is -7.63. The van der Waals surface area contributed by atoms with Crippen LogP contribution in [0.3, 0.4) is 0 Å². The summed E-state index contributed by atoms with van der Waals surface area (Å²) in [6.45, 7) is 0. The first-order chi connectivity index (χ1) is 27.8. The highest BCUT2D eigenvalue weighted by atomic mass is 15.1. The number of aromatic nitrogens is 5. The Morgan fingerprint density at radius 3 is 1.25 bits per heavy atom. The summed E-state index contributed by atoms with van der Waals surface area (Å²) < 4.78 is 4.90. The molecule has 5 heteroatoms. The number of para-hydroxylation sites is 3. The predicted octanol–water partition coefficient (Wildman–Crippen LogP) is 12.7. The molecule has 0 spiro atoms. The molecule has 0 aliphatic rings. The van der Waals surface area contributed by atoms with Crippen molar-refractivity contribution in [3.63, 3.8) is 0 Å². The van der Waals surface area contributed by atoms with Gasteiger partial charge in [-0.1, -0.05) is 158 Å². The first-order valence-corrected chi connectivity index (χ1v) is 18.9. The molecule has 11 aromatic rings. The SMILES string of the molecule is c1ccc(-c2nc(-c3ccccc3)nc(-c3ccc(-n4c5ccccc5c5ccc6c7ccccc7n(-c7ccccc7-c7ccccc7)c6c54)cc3)n2)cc1. The Balaban J connectivity index is 1.16. The molecule has 56 heavy (non-hydrogen) atoms. The summed E-state index contributed by atoms with van der Waals surface area (Å²) in [5.74, 6) is 1.92. The van der Waals surface area contributed by atoms with Gasteiger partial charge in [0.15, 0.2) is 17.5 Å². The van der Waals surface area contributed by atoms with Gasteiger partial charge < -0.3 is 9.13 Å². The van der Waals surface area contributed by atoms with E-state index in [0.717, 1.165) is 39.1 Å². The molecule has 0 saturated heterocycles. The van der Waals surface area contributed by atoms with Crippen LogP contribution in [0.5, 0.6) is 0 Å². The predicted molar refractivity (Wildman–Crippen MR) is 230 cm³/mol. The summed E-state index contributed by atoms with van der Waals surface area (Å²) in [4.78, 5) is 14.9. The zero-order valence-electron chi connectivity index (χ0n) is 30.3. The highest BCUT2D eigenvalue weighted by Crippen LogP contribution is 2.43. The van der Waals surface area contributed by atoms with E-state index in [4.69, 9.17) is 15.0 Å². The van der Waals surface area contributed by atoms with Crippen LogP contribution in [-0.4, -0.2) is 24.1 Å². The highest BCUT2D eigenvalue weighted by Gasteiger charge is 2.22. The van der Waals surface area contributed by atoms with Gasteiger partial charge in [0.1, 0.15) is 0 Å². The van der Waals surface area contributed by atoms with Gasteiger partial charge in [-0.3, -0.25) is 0 Å². The number of rotatable bonds is 6. The lowest BCUT2D eigenvalue weighted by Crippen LogP contribution is -2.01. The summed E-state index contributed by atoms with van der Waals surface area (Å²) in [6.07, 6.45) is 0. The Morgan fingerprint density at radius 2 is 0.696 bits per heavy atom. The van der Waals surface area contributed by atoms with Crippen LogP contribution in [0.1, 0.15) is 0 Å². The molecule has 0 N–H and O–H groups in total. The maximum atomic E-state index is 5.00. The third kappa shape index (κ3) is 5.13. The lowest BCUT2D eigenvalue weighted by Gasteiger charge is -2.16. The van der Waals surface area contributed by atoms with Crippen LogP contribution in [0.15, 0.2) is 200 Å². The van der Waals surface area contributed by atoms with E-state index >= 15 is 0 Å². The molecule has 262 valence electrons. The maximum Gasteiger partial charge on any atom is 0.164 e. The highest BCUT2D eigenvalue weighted by molar-refractivity contribution is 6.24. The molecule has 0 aliphatic heterocycles. The Bertz CT molecular complexity index is 3160. The topological polar surface area (TPSA) is 48.5 Å². The van der Waals surface area contributed by atoms with Gasteiger partial charge in [-0.15, -0.1) is 0 Å². The molecule has 5 nitrogen and oxygen atoms in total. The molecule has 3 aromatic heterocycles. The molecular formula is C51H33N5. The fraction of sp³-hybridized carbons (Fsp3) is 0. The normalized spacial score (nSPS) is 11.6. The molecule has 11 rings (SSSR count). The minimum absolute atomic E-state index is 0.631. The van der Waals surface area contributed by atoms with Gasteiger partial charge in [0.05, 0.1) is 27.8 Å². The molecule has 8 aromatic carbocycles. The molecule has 0 bridgehead atoms. The van der Waals surface area contributed by atoms with E-state index in [2.05, 4.69) is 149 Å². The van der Waals surface area contributed by atoms with E-state index in [-0.39, 0.29) is 0 Å². The van der Waals surface area contributed by atoms with Gasteiger partial charge in [-0.25, -0.2) is 15.0 Å². The molecular weight excluding hydrogens is 683 g/mol. The lowest BCUT2D eigenvalue weighted by molar-refractivity contribution is 1.07. The molecule has 0 radical (unpaired) electrons. The zero-order valence-corrected chi connectivity index (χ0v) is 30.3. The van der Waals surface area contributed by atoms with E-state index in [1.165, 1.54) is 43.7 Å². The third-order valence-electron chi connectivity index (χ3n) is 10.8. The van der Waals surface area contributed by atoms with E-state index in [9.17, 15) is 0 Å². The monoisotopic (exact) mass is 715 g/mol. The van der Waals surface area contributed by atoms with Gasteiger partial charge in [0.25, 0.3) is 0 Å². The van der Waals surface area contributed by atoms with E-state index in [0.29, 0.717) is 17.5 Å². The number of hydrogen-bond donors (Lipinski definition) is 0. The van der Waals surface area contributed by atoms with Crippen LogP contribution >= 0.6 is 0 Å². The van der Waals surface area contributed by atoms with Crippen LogP contribution in [0.2, 0.25) is 0 Å².